The molecule has 17 heavy (non-hydrogen) atoms. The van der Waals surface area contributed by atoms with Crippen molar-refractivity contribution in [1.82, 2.24) is 4.90 Å². The molecule has 3 atom stereocenters. The number of amides is 1. The van der Waals surface area contributed by atoms with E-state index in [4.69, 9.17) is 5.11 Å². The standard InChI is InChI=1S/C12H16FNO3/c13-12(11(16)17)3-4-14(6-12)10(15)9-5-8(9)7-1-2-7/h7-9H,1-6H2,(H,16,17). The Kier molecular flexibility index (Phi) is 2.22. The van der Waals surface area contributed by atoms with Gasteiger partial charge < -0.3 is 10.0 Å². The van der Waals surface area contributed by atoms with Crippen molar-refractivity contribution >= 4 is 11.9 Å². The highest BCUT2D eigenvalue weighted by molar-refractivity contribution is 5.85. The van der Waals surface area contributed by atoms with Gasteiger partial charge >= 0.3 is 5.97 Å². The summed E-state index contributed by atoms with van der Waals surface area (Å²) < 4.78 is 13.8. The Morgan fingerprint density at radius 3 is 2.59 bits per heavy atom. The topological polar surface area (TPSA) is 57.6 Å². The third-order valence-electron chi connectivity index (χ3n) is 4.30. The molecule has 1 saturated heterocycles. The van der Waals surface area contributed by atoms with E-state index in [2.05, 4.69) is 0 Å². The number of nitrogens with zero attached hydrogens (tertiary/aromatic N) is 1. The van der Waals surface area contributed by atoms with Gasteiger partial charge in [-0.3, -0.25) is 4.79 Å². The van der Waals surface area contributed by atoms with Crippen molar-refractivity contribution in [3.8, 4) is 0 Å². The lowest BCUT2D eigenvalue weighted by molar-refractivity contribution is -0.150. The molecule has 3 unspecified atom stereocenters. The van der Waals surface area contributed by atoms with Gasteiger partial charge in [-0.25, -0.2) is 9.18 Å². The number of hydrogen-bond donors (Lipinski definition) is 1. The fourth-order valence-electron chi connectivity index (χ4n) is 2.91. The Morgan fingerprint density at radius 1 is 1.35 bits per heavy atom. The molecule has 0 spiro atoms. The highest BCUT2D eigenvalue weighted by Crippen LogP contribution is 2.55. The number of aliphatic carboxylic acids is 1. The number of carbonyl (C=O) groups excluding carboxylic acids is 1. The van der Waals surface area contributed by atoms with Crippen molar-refractivity contribution in [1.29, 1.82) is 0 Å². The van der Waals surface area contributed by atoms with E-state index in [1.165, 1.54) is 17.7 Å². The second kappa shape index (κ2) is 3.43. The van der Waals surface area contributed by atoms with E-state index in [1.54, 1.807) is 0 Å². The molecule has 0 radical (unpaired) electrons. The minimum absolute atomic E-state index is 0.0253. The zero-order valence-electron chi connectivity index (χ0n) is 9.56. The first kappa shape index (κ1) is 11.0. The molecule has 2 saturated carbocycles. The molecule has 0 aromatic heterocycles. The van der Waals surface area contributed by atoms with Crippen molar-refractivity contribution < 1.29 is 19.1 Å². The van der Waals surface area contributed by atoms with Crippen LogP contribution in [0.4, 0.5) is 4.39 Å². The summed E-state index contributed by atoms with van der Waals surface area (Å²) in [5.41, 5.74) is -2.22. The molecular formula is C12H16FNO3. The molecule has 1 heterocycles. The van der Waals surface area contributed by atoms with Crippen LogP contribution in [0.2, 0.25) is 0 Å². The maximum Gasteiger partial charge on any atom is 0.343 e. The molecular weight excluding hydrogens is 225 g/mol. The molecule has 1 aliphatic heterocycles. The number of carbonyl (C=O) groups is 2. The van der Waals surface area contributed by atoms with Crippen LogP contribution in [0, 0.1) is 17.8 Å². The van der Waals surface area contributed by atoms with Gasteiger partial charge in [0, 0.05) is 18.9 Å². The zero-order valence-corrected chi connectivity index (χ0v) is 9.56. The predicted octanol–water partition coefficient (Wildman–Crippen LogP) is 1.06. The van der Waals surface area contributed by atoms with Gasteiger partial charge in [-0.2, -0.15) is 0 Å². The summed E-state index contributed by atoms with van der Waals surface area (Å²) in [4.78, 5) is 24.2. The summed E-state index contributed by atoms with van der Waals surface area (Å²) in [6.07, 6.45) is 3.29. The molecule has 3 fully saturated rings. The Bertz CT molecular complexity index is 382. The first-order chi connectivity index (χ1) is 8.01. The Hall–Kier alpha value is -1.13. The number of rotatable bonds is 3. The molecule has 94 valence electrons. The summed E-state index contributed by atoms with van der Waals surface area (Å²) in [6, 6.07) is 0. The zero-order chi connectivity index (χ0) is 12.2. The lowest BCUT2D eigenvalue weighted by Gasteiger charge is -2.17. The van der Waals surface area contributed by atoms with Gasteiger partial charge in [-0.1, -0.05) is 0 Å². The summed E-state index contributed by atoms with van der Waals surface area (Å²) >= 11 is 0. The number of alkyl halides is 1. The lowest BCUT2D eigenvalue weighted by atomic mass is 10.1. The first-order valence-corrected chi connectivity index (χ1v) is 6.22. The van der Waals surface area contributed by atoms with Gasteiger partial charge in [0.05, 0.1) is 6.54 Å². The monoisotopic (exact) mass is 241 g/mol. The summed E-state index contributed by atoms with van der Waals surface area (Å²) in [5, 5.41) is 8.76. The largest absolute Gasteiger partial charge is 0.479 e. The van der Waals surface area contributed by atoms with Crippen LogP contribution in [0.15, 0.2) is 0 Å². The molecule has 1 amide bonds. The average molecular weight is 241 g/mol. The first-order valence-electron chi connectivity index (χ1n) is 6.22. The van der Waals surface area contributed by atoms with E-state index in [-0.39, 0.29) is 31.3 Å². The molecule has 3 rings (SSSR count). The van der Waals surface area contributed by atoms with Crippen molar-refractivity contribution in [2.75, 3.05) is 13.1 Å². The van der Waals surface area contributed by atoms with E-state index in [9.17, 15) is 14.0 Å². The van der Waals surface area contributed by atoms with E-state index in [0.29, 0.717) is 11.8 Å². The van der Waals surface area contributed by atoms with Crippen LogP contribution in [-0.4, -0.2) is 40.6 Å². The van der Waals surface area contributed by atoms with E-state index in [0.717, 1.165) is 6.42 Å². The van der Waals surface area contributed by atoms with Gasteiger partial charge in [0.15, 0.2) is 0 Å². The molecule has 0 aromatic carbocycles. The molecule has 0 bridgehead atoms. The van der Waals surface area contributed by atoms with Crippen LogP contribution in [0.5, 0.6) is 0 Å². The van der Waals surface area contributed by atoms with Crippen LogP contribution in [0.3, 0.4) is 0 Å². The molecule has 1 N–H and O–H groups in total. The lowest BCUT2D eigenvalue weighted by Crippen LogP contribution is -2.39. The summed E-state index contributed by atoms with van der Waals surface area (Å²) in [7, 11) is 0. The smallest absolute Gasteiger partial charge is 0.343 e. The van der Waals surface area contributed by atoms with Crippen molar-refractivity contribution in [2.24, 2.45) is 17.8 Å². The second-order valence-electron chi connectivity index (χ2n) is 5.62. The van der Waals surface area contributed by atoms with Gasteiger partial charge in [0.2, 0.25) is 11.6 Å². The highest BCUT2D eigenvalue weighted by atomic mass is 19.1. The van der Waals surface area contributed by atoms with Crippen LogP contribution >= 0.6 is 0 Å². The van der Waals surface area contributed by atoms with Crippen molar-refractivity contribution in [3.05, 3.63) is 0 Å². The Balaban J connectivity index is 1.59. The maximum absolute atomic E-state index is 13.8. The van der Waals surface area contributed by atoms with Crippen LogP contribution < -0.4 is 0 Å². The van der Waals surface area contributed by atoms with Crippen LogP contribution in [-0.2, 0) is 9.59 Å². The second-order valence-corrected chi connectivity index (χ2v) is 5.62. The van der Waals surface area contributed by atoms with Crippen molar-refractivity contribution in [2.45, 2.75) is 31.4 Å². The fraction of sp³-hybridized carbons (Fsp3) is 0.833. The Morgan fingerprint density at radius 2 is 2.06 bits per heavy atom. The van der Waals surface area contributed by atoms with Crippen LogP contribution in [0.25, 0.3) is 0 Å². The Labute approximate surface area is 98.8 Å². The van der Waals surface area contributed by atoms with E-state index < -0.39 is 11.6 Å². The number of halogens is 1. The van der Waals surface area contributed by atoms with Gasteiger partial charge in [0.1, 0.15) is 0 Å². The summed E-state index contributed by atoms with van der Waals surface area (Å²) in [5.74, 6) is -0.202. The molecule has 4 nitrogen and oxygen atoms in total. The highest BCUT2D eigenvalue weighted by Gasteiger charge is 2.55. The van der Waals surface area contributed by atoms with Gasteiger partial charge in [-0.15, -0.1) is 0 Å². The van der Waals surface area contributed by atoms with Gasteiger partial charge in [0.25, 0.3) is 0 Å². The minimum Gasteiger partial charge on any atom is -0.479 e. The summed E-state index contributed by atoms with van der Waals surface area (Å²) in [6.45, 7) is -0.0232. The number of carboxylic acids is 1. The third kappa shape index (κ3) is 1.81. The van der Waals surface area contributed by atoms with E-state index in [1.807, 2.05) is 0 Å². The van der Waals surface area contributed by atoms with Gasteiger partial charge in [-0.05, 0) is 31.1 Å². The normalized spacial score (nSPS) is 40.4. The minimum atomic E-state index is -2.22. The van der Waals surface area contributed by atoms with Crippen molar-refractivity contribution in [3.63, 3.8) is 0 Å². The molecule has 0 aromatic rings. The SMILES string of the molecule is O=C(C1CC1C1CC1)N1CCC(F)(C(=O)O)C1. The van der Waals surface area contributed by atoms with Crippen LogP contribution in [0.1, 0.15) is 25.7 Å². The maximum atomic E-state index is 13.8. The van der Waals surface area contributed by atoms with E-state index >= 15 is 0 Å². The third-order valence-corrected chi connectivity index (χ3v) is 4.30. The quantitative estimate of drug-likeness (QED) is 0.803. The predicted molar refractivity (Wildman–Crippen MR) is 57.0 cm³/mol. The average Bonchev–Trinajstić information content (AvgIpc) is 3.14. The molecule has 3 aliphatic rings. The number of likely N-dealkylation sites (tertiary alicyclic amines) is 1. The molecule has 5 heteroatoms. The number of hydrogen-bond acceptors (Lipinski definition) is 2. The fourth-order valence-corrected chi connectivity index (χ4v) is 2.91. The molecule has 2 aliphatic carbocycles. The number of carboxylic acid groups (broad SMARTS) is 1.